The van der Waals surface area contributed by atoms with E-state index >= 15 is 0 Å². The van der Waals surface area contributed by atoms with Gasteiger partial charge in [-0.2, -0.15) is 0 Å². The zero-order valence-corrected chi connectivity index (χ0v) is 10.0. The zero-order chi connectivity index (χ0) is 12.8. The van der Waals surface area contributed by atoms with Crippen molar-refractivity contribution in [2.45, 2.75) is 19.3 Å². The molecule has 0 saturated carbocycles. The highest BCUT2D eigenvalue weighted by molar-refractivity contribution is 5.62. The molecule has 0 atom stereocenters. The van der Waals surface area contributed by atoms with E-state index in [9.17, 15) is 4.79 Å². The Labute approximate surface area is 106 Å². The fourth-order valence-electron chi connectivity index (χ4n) is 1.74. The maximum absolute atomic E-state index is 10.2. The summed E-state index contributed by atoms with van der Waals surface area (Å²) in [6, 6.07) is 8.20. The summed E-state index contributed by atoms with van der Waals surface area (Å²) in [6.45, 7) is 0. The van der Waals surface area contributed by atoms with E-state index in [-0.39, 0.29) is 5.95 Å². The monoisotopic (exact) mass is 241 g/mol. The largest absolute Gasteiger partial charge is 0.368 e. The van der Waals surface area contributed by atoms with Crippen LogP contribution in [0.5, 0.6) is 0 Å². The Bertz CT molecular complexity index is 506. The number of rotatable bonds is 5. The Morgan fingerprint density at radius 3 is 2.33 bits per heavy atom. The molecule has 4 heteroatoms. The van der Waals surface area contributed by atoms with Crippen molar-refractivity contribution in [2.75, 3.05) is 5.73 Å². The average molecular weight is 241 g/mol. The molecule has 18 heavy (non-hydrogen) atoms. The molecule has 0 spiro atoms. The van der Waals surface area contributed by atoms with E-state index < -0.39 is 0 Å². The third-order valence-corrected chi connectivity index (χ3v) is 2.75. The summed E-state index contributed by atoms with van der Waals surface area (Å²) in [5, 5.41) is 0. The van der Waals surface area contributed by atoms with Gasteiger partial charge in [-0.05, 0) is 24.0 Å². The van der Waals surface area contributed by atoms with Crippen LogP contribution >= 0.6 is 0 Å². The van der Waals surface area contributed by atoms with Crippen LogP contribution < -0.4 is 5.73 Å². The molecule has 1 aromatic carbocycles. The number of anilines is 1. The number of aldehydes is 1. The second kappa shape index (κ2) is 5.91. The maximum Gasteiger partial charge on any atom is 0.219 e. The van der Waals surface area contributed by atoms with Crippen molar-refractivity contribution < 1.29 is 4.79 Å². The van der Waals surface area contributed by atoms with Gasteiger partial charge in [0.25, 0.3) is 0 Å². The maximum atomic E-state index is 10.2. The number of aromatic nitrogens is 2. The van der Waals surface area contributed by atoms with Crippen molar-refractivity contribution in [2.24, 2.45) is 0 Å². The van der Waals surface area contributed by atoms with Crippen LogP contribution in [0.2, 0.25) is 0 Å². The second-order valence-electron chi connectivity index (χ2n) is 4.09. The number of carbonyl (C=O) groups is 1. The molecule has 1 aromatic heterocycles. The highest BCUT2D eigenvalue weighted by Gasteiger charge is 1.99. The third kappa shape index (κ3) is 3.13. The van der Waals surface area contributed by atoms with E-state index in [1.54, 1.807) is 12.4 Å². The van der Waals surface area contributed by atoms with Crippen LogP contribution in [0.25, 0.3) is 11.1 Å². The molecular weight excluding hydrogens is 226 g/mol. The number of hydrogen-bond donors (Lipinski definition) is 1. The molecule has 92 valence electrons. The number of carbonyl (C=O) groups excluding carboxylic acids is 1. The van der Waals surface area contributed by atoms with Crippen molar-refractivity contribution >= 4 is 12.2 Å². The first-order chi connectivity index (χ1) is 8.79. The molecule has 4 nitrogen and oxygen atoms in total. The quantitative estimate of drug-likeness (QED) is 0.644. The molecule has 1 heterocycles. The van der Waals surface area contributed by atoms with E-state index in [1.807, 2.05) is 12.1 Å². The number of nitrogens with two attached hydrogens (primary N) is 1. The lowest BCUT2D eigenvalue weighted by Crippen LogP contribution is -1.93. The van der Waals surface area contributed by atoms with Crippen LogP contribution in [-0.2, 0) is 11.2 Å². The summed E-state index contributed by atoms with van der Waals surface area (Å²) in [4.78, 5) is 18.2. The van der Waals surface area contributed by atoms with Gasteiger partial charge in [-0.3, -0.25) is 0 Å². The van der Waals surface area contributed by atoms with Gasteiger partial charge in [0.1, 0.15) is 6.29 Å². The van der Waals surface area contributed by atoms with Crippen LogP contribution in [0.15, 0.2) is 36.7 Å². The predicted octanol–water partition coefficient (Wildman–Crippen LogP) is 2.25. The Morgan fingerprint density at radius 2 is 1.72 bits per heavy atom. The molecule has 0 unspecified atom stereocenters. The number of unbranched alkanes of at least 4 members (excludes halogenated alkanes) is 1. The Hall–Kier alpha value is -2.23. The van der Waals surface area contributed by atoms with Crippen molar-refractivity contribution in [1.29, 1.82) is 0 Å². The van der Waals surface area contributed by atoms with Crippen molar-refractivity contribution in [1.82, 2.24) is 9.97 Å². The second-order valence-corrected chi connectivity index (χ2v) is 4.09. The Balaban J connectivity index is 2.07. The first-order valence-corrected chi connectivity index (χ1v) is 5.90. The van der Waals surface area contributed by atoms with Gasteiger partial charge in [0.05, 0.1) is 0 Å². The van der Waals surface area contributed by atoms with Gasteiger partial charge in [0, 0.05) is 24.4 Å². The highest BCUT2D eigenvalue weighted by atomic mass is 16.1. The highest BCUT2D eigenvalue weighted by Crippen LogP contribution is 2.19. The standard InChI is InChI=1S/C14H15N3O/c15-14-16-9-13(10-17-14)12-6-4-11(5-7-12)3-1-2-8-18/h4-10H,1-3H2,(H2,15,16,17). The Kier molecular flexibility index (Phi) is 4.02. The SMILES string of the molecule is Nc1ncc(-c2ccc(CCCC=O)cc2)cn1. The first-order valence-electron chi connectivity index (χ1n) is 5.90. The van der Waals surface area contributed by atoms with Gasteiger partial charge in [-0.1, -0.05) is 24.3 Å². The summed E-state index contributed by atoms with van der Waals surface area (Å²) in [6.07, 6.45) is 6.83. The molecule has 0 radical (unpaired) electrons. The lowest BCUT2D eigenvalue weighted by atomic mass is 10.0. The molecule has 0 aliphatic carbocycles. The van der Waals surface area contributed by atoms with Gasteiger partial charge in [-0.25, -0.2) is 9.97 Å². The fraction of sp³-hybridized carbons (Fsp3) is 0.214. The number of nitrogens with zero attached hydrogens (tertiary/aromatic N) is 2. The van der Waals surface area contributed by atoms with Crippen molar-refractivity contribution in [3.8, 4) is 11.1 Å². The van der Waals surface area contributed by atoms with E-state index in [2.05, 4.69) is 22.1 Å². The number of aryl methyl sites for hydroxylation is 1. The summed E-state index contributed by atoms with van der Waals surface area (Å²) in [7, 11) is 0. The summed E-state index contributed by atoms with van der Waals surface area (Å²) in [5.74, 6) is 0.282. The molecule has 2 N–H and O–H groups in total. The van der Waals surface area contributed by atoms with Crippen molar-refractivity contribution in [3.63, 3.8) is 0 Å². The van der Waals surface area contributed by atoms with Gasteiger partial charge in [0.15, 0.2) is 0 Å². The zero-order valence-electron chi connectivity index (χ0n) is 10.0. The Morgan fingerprint density at radius 1 is 1.06 bits per heavy atom. The minimum Gasteiger partial charge on any atom is -0.368 e. The van der Waals surface area contributed by atoms with Crippen LogP contribution in [0, 0.1) is 0 Å². The number of benzene rings is 1. The van der Waals surface area contributed by atoms with Crippen molar-refractivity contribution in [3.05, 3.63) is 42.2 Å². The molecule has 0 saturated heterocycles. The molecule has 0 amide bonds. The summed E-state index contributed by atoms with van der Waals surface area (Å²) >= 11 is 0. The normalized spacial score (nSPS) is 10.2. The summed E-state index contributed by atoms with van der Waals surface area (Å²) < 4.78 is 0. The molecule has 0 bridgehead atoms. The van der Waals surface area contributed by atoms with Crippen LogP contribution in [0.4, 0.5) is 5.95 Å². The van der Waals surface area contributed by atoms with E-state index in [0.29, 0.717) is 6.42 Å². The predicted molar refractivity (Wildman–Crippen MR) is 70.9 cm³/mol. The number of hydrogen-bond acceptors (Lipinski definition) is 4. The van der Waals surface area contributed by atoms with Gasteiger partial charge in [0.2, 0.25) is 5.95 Å². The first kappa shape index (κ1) is 12.2. The molecule has 0 aliphatic heterocycles. The molecule has 2 rings (SSSR count). The summed E-state index contributed by atoms with van der Waals surface area (Å²) in [5.41, 5.74) is 8.69. The van der Waals surface area contributed by atoms with E-state index in [4.69, 9.17) is 5.73 Å². The lowest BCUT2D eigenvalue weighted by molar-refractivity contribution is -0.107. The molecular formula is C14H15N3O. The minimum absolute atomic E-state index is 0.282. The lowest BCUT2D eigenvalue weighted by Gasteiger charge is -2.03. The van der Waals surface area contributed by atoms with Crippen LogP contribution in [0.3, 0.4) is 0 Å². The third-order valence-electron chi connectivity index (χ3n) is 2.75. The van der Waals surface area contributed by atoms with E-state index in [0.717, 1.165) is 30.3 Å². The van der Waals surface area contributed by atoms with Gasteiger partial charge < -0.3 is 10.5 Å². The molecule has 0 aliphatic rings. The van der Waals surface area contributed by atoms with Crippen LogP contribution in [0.1, 0.15) is 18.4 Å². The van der Waals surface area contributed by atoms with Gasteiger partial charge in [-0.15, -0.1) is 0 Å². The molecule has 2 aromatic rings. The topological polar surface area (TPSA) is 68.9 Å². The number of nitrogen functional groups attached to an aromatic ring is 1. The fourth-order valence-corrected chi connectivity index (χ4v) is 1.74. The minimum atomic E-state index is 0.282. The average Bonchev–Trinajstić information content (AvgIpc) is 2.41. The van der Waals surface area contributed by atoms with E-state index in [1.165, 1.54) is 5.56 Å². The van der Waals surface area contributed by atoms with Crippen LogP contribution in [-0.4, -0.2) is 16.3 Å². The van der Waals surface area contributed by atoms with Gasteiger partial charge >= 0.3 is 0 Å². The molecule has 0 fully saturated rings. The smallest absolute Gasteiger partial charge is 0.219 e.